The molecular formula is C38H49F3N6O9S. The quantitative estimate of drug-likeness (QED) is 0.301. The van der Waals surface area contributed by atoms with Crippen LogP contribution in [0, 0.1) is 11.8 Å². The van der Waals surface area contributed by atoms with E-state index in [0.29, 0.717) is 38.5 Å². The molecule has 3 heterocycles. The van der Waals surface area contributed by atoms with E-state index in [9.17, 15) is 40.8 Å². The zero-order valence-electron chi connectivity index (χ0n) is 32.5. The molecule has 0 spiro atoms. The molecular weight excluding hydrogens is 774 g/mol. The number of nitrogens with one attached hydrogen (secondary N) is 3. The highest BCUT2D eigenvalue weighted by Gasteiger charge is 2.63. The van der Waals surface area contributed by atoms with Crippen LogP contribution in [0.3, 0.4) is 0 Å². The maximum atomic E-state index is 14.5. The summed E-state index contributed by atoms with van der Waals surface area (Å²) in [6.07, 6.45) is -0.908. The molecule has 19 heteroatoms. The van der Waals surface area contributed by atoms with E-state index in [4.69, 9.17) is 14.2 Å². The molecule has 6 atom stereocenters. The molecule has 3 fully saturated rings. The number of nitrogens with zero attached hydrogens (tertiary/aromatic N) is 3. The van der Waals surface area contributed by atoms with Crippen LogP contribution in [0.2, 0.25) is 0 Å². The van der Waals surface area contributed by atoms with E-state index in [1.165, 1.54) is 32.2 Å². The number of alkyl carbamates (subject to hydrolysis) is 1. The summed E-state index contributed by atoms with van der Waals surface area (Å²) in [5, 5.41) is 5.36. The molecule has 312 valence electrons. The maximum Gasteiger partial charge on any atom is 0.438 e. The highest BCUT2D eigenvalue weighted by molar-refractivity contribution is 7.91. The highest BCUT2D eigenvalue weighted by atomic mass is 32.2. The molecule has 57 heavy (non-hydrogen) atoms. The maximum absolute atomic E-state index is 14.5. The van der Waals surface area contributed by atoms with Gasteiger partial charge in [0, 0.05) is 18.4 Å². The van der Waals surface area contributed by atoms with Gasteiger partial charge in [0.05, 0.1) is 29.4 Å². The van der Waals surface area contributed by atoms with Crippen molar-refractivity contribution < 1.29 is 55.0 Å². The minimum absolute atomic E-state index is 0.0308. The molecule has 15 nitrogen and oxygen atoms in total. The Morgan fingerprint density at radius 3 is 2.47 bits per heavy atom. The lowest BCUT2D eigenvalue weighted by atomic mass is 10.0. The van der Waals surface area contributed by atoms with Crippen molar-refractivity contribution in [2.75, 3.05) is 13.7 Å². The Kier molecular flexibility index (Phi) is 11.7. The molecule has 1 aromatic heterocycles. The first-order valence-electron chi connectivity index (χ1n) is 19.2. The van der Waals surface area contributed by atoms with E-state index in [1.54, 1.807) is 13.0 Å². The lowest BCUT2D eigenvalue weighted by Crippen LogP contribution is -2.58. The van der Waals surface area contributed by atoms with E-state index in [0.717, 1.165) is 4.90 Å². The van der Waals surface area contributed by atoms with Crippen molar-refractivity contribution in [2.45, 2.75) is 126 Å². The summed E-state index contributed by atoms with van der Waals surface area (Å²) in [6, 6.07) is 1.59. The first-order valence-corrected chi connectivity index (χ1v) is 20.7. The average Bonchev–Trinajstić information content (AvgIpc) is 4.02. The Labute approximate surface area is 328 Å². The summed E-state index contributed by atoms with van der Waals surface area (Å²) >= 11 is 0. The third-order valence-corrected chi connectivity index (χ3v) is 13.5. The average molecular weight is 823 g/mol. The number of halogens is 3. The molecule has 0 bridgehead atoms. The molecule has 1 saturated heterocycles. The number of benzene rings is 1. The smallest absolute Gasteiger partial charge is 0.438 e. The Balaban J connectivity index is 1.34. The van der Waals surface area contributed by atoms with E-state index in [-0.39, 0.29) is 42.0 Å². The number of allylic oxidation sites excluding steroid dienone is 1. The van der Waals surface area contributed by atoms with Crippen LogP contribution in [-0.4, -0.2) is 95.3 Å². The van der Waals surface area contributed by atoms with E-state index < -0.39 is 98.6 Å². The summed E-state index contributed by atoms with van der Waals surface area (Å²) in [5.41, 5.74) is -3.15. The van der Waals surface area contributed by atoms with Crippen molar-refractivity contribution in [3.05, 3.63) is 36.0 Å². The van der Waals surface area contributed by atoms with Crippen LogP contribution in [0.1, 0.15) is 91.2 Å². The van der Waals surface area contributed by atoms with Gasteiger partial charge in [-0.1, -0.05) is 38.8 Å². The van der Waals surface area contributed by atoms with Gasteiger partial charge in [-0.2, -0.15) is 13.2 Å². The Morgan fingerprint density at radius 1 is 1.07 bits per heavy atom. The van der Waals surface area contributed by atoms with Gasteiger partial charge in [0.15, 0.2) is 0 Å². The third-order valence-electron chi connectivity index (χ3n) is 11.4. The Bertz CT molecular complexity index is 2040. The Hall–Kier alpha value is -4.68. The molecule has 1 aromatic carbocycles. The second-order valence-electron chi connectivity index (χ2n) is 16.0. The zero-order chi connectivity index (χ0) is 41.5. The van der Waals surface area contributed by atoms with Crippen molar-refractivity contribution in [2.24, 2.45) is 11.8 Å². The number of fused-ring (bicyclic) bond motifs is 3. The van der Waals surface area contributed by atoms with Crippen LogP contribution in [0.25, 0.3) is 11.0 Å². The van der Waals surface area contributed by atoms with Gasteiger partial charge in [0.2, 0.25) is 33.4 Å². The zero-order valence-corrected chi connectivity index (χ0v) is 33.3. The molecule has 4 aliphatic rings. The van der Waals surface area contributed by atoms with Crippen molar-refractivity contribution in [3.63, 3.8) is 0 Å². The number of carbonyl (C=O) groups excluding carboxylic acids is 4. The van der Waals surface area contributed by atoms with Crippen LogP contribution >= 0.6 is 0 Å². The first kappa shape index (κ1) is 41.9. The van der Waals surface area contributed by atoms with Crippen LogP contribution in [0.15, 0.2) is 30.4 Å². The van der Waals surface area contributed by atoms with Crippen LogP contribution in [-0.2, 0) is 35.3 Å². The molecule has 2 aromatic rings. The fourth-order valence-corrected chi connectivity index (χ4v) is 8.31. The number of alkyl halides is 3. The number of carbonyl (C=O) groups is 4. The second-order valence-corrected chi connectivity index (χ2v) is 18.2. The lowest BCUT2D eigenvalue weighted by Gasteiger charge is -2.30. The van der Waals surface area contributed by atoms with Crippen molar-refractivity contribution in [3.8, 4) is 11.6 Å². The number of methoxy groups -OCH3 is 1. The number of rotatable bonds is 9. The van der Waals surface area contributed by atoms with E-state index >= 15 is 0 Å². The van der Waals surface area contributed by atoms with Crippen molar-refractivity contribution >= 4 is 44.9 Å². The predicted molar refractivity (Wildman–Crippen MR) is 199 cm³/mol. The van der Waals surface area contributed by atoms with Crippen LogP contribution < -0.4 is 24.8 Å². The molecule has 6 rings (SSSR count). The van der Waals surface area contributed by atoms with Crippen LogP contribution in [0.5, 0.6) is 11.6 Å². The summed E-state index contributed by atoms with van der Waals surface area (Å²) in [4.78, 5) is 64.7. The second kappa shape index (κ2) is 15.9. The van der Waals surface area contributed by atoms with Crippen LogP contribution in [0.4, 0.5) is 18.0 Å². The lowest BCUT2D eigenvalue weighted by molar-refractivity contribution is -0.143. The van der Waals surface area contributed by atoms with Gasteiger partial charge in [0.25, 0.3) is 5.91 Å². The van der Waals surface area contributed by atoms with Crippen molar-refractivity contribution in [1.29, 1.82) is 0 Å². The summed E-state index contributed by atoms with van der Waals surface area (Å²) < 4.78 is 87.0. The van der Waals surface area contributed by atoms with Gasteiger partial charge in [-0.25, -0.2) is 23.2 Å². The fourth-order valence-electron chi connectivity index (χ4n) is 7.00. The van der Waals surface area contributed by atoms with Crippen molar-refractivity contribution in [1.82, 2.24) is 30.2 Å². The molecule has 3 N–H and O–H groups in total. The molecule has 4 amide bonds. The fraction of sp³-hybridized carbons (Fsp3) is 0.632. The highest BCUT2D eigenvalue weighted by Crippen LogP contribution is 2.47. The molecule has 2 aliphatic carbocycles. The number of hydrogen-bond acceptors (Lipinski definition) is 11. The molecule has 0 radical (unpaired) electrons. The normalized spacial score (nSPS) is 27.5. The van der Waals surface area contributed by atoms with Gasteiger partial charge < -0.3 is 29.7 Å². The Morgan fingerprint density at radius 2 is 1.81 bits per heavy atom. The summed E-state index contributed by atoms with van der Waals surface area (Å²) in [7, 11) is -2.74. The van der Waals surface area contributed by atoms with Gasteiger partial charge in [-0.05, 0) is 70.4 Å². The minimum atomic E-state index is -5.01. The molecule has 2 saturated carbocycles. The van der Waals surface area contributed by atoms with E-state index in [2.05, 4.69) is 25.3 Å². The van der Waals surface area contributed by atoms with Gasteiger partial charge in [0.1, 0.15) is 35.6 Å². The number of amides is 4. The number of hydrogen-bond donors (Lipinski definition) is 3. The number of ether oxygens (including phenoxy) is 3. The summed E-state index contributed by atoms with van der Waals surface area (Å²) in [5.74, 6) is -3.71. The number of aromatic nitrogens is 2. The minimum Gasteiger partial charge on any atom is -0.497 e. The third kappa shape index (κ3) is 9.07. The van der Waals surface area contributed by atoms with Gasteiger partial charge in [-0.15, -0.1) is 0 Å². The van der Waals surface area contributed by atoms with E-state index in [1.807, 2.05) is 19.9 Å². The molecule has 2 aliphatic heterocycles. The standard InChI is InChI=1S/C38H49F3N6O9S/c1-21(2)22(3)55-35(51)44-27-12-10-8-6-7-9-11-23-19-37(23,34(50)46-57(52,53)36(4)15-16-36)45-31(48)29-18-25(20-47(29)33(27)49)56-32-30(38(39,40)41)42-28-17-24(54-5)13-14-26(28)43-32/h9,11,13-14,17,21-23,25,27,29H,6-8,10,12,15-16,18-20H2,1-5H3,(H,44,51)(H,45,48)(H,46,50)/b11-9+/t22-,23+,25+,27-,29-,37+/m0/s1. The van der Waals surface area contributed by atoms with Gasteiger partial charge >= 0.3 is 12.3 Å². The topological polar surface area (TPSA) is 195 Å². The largest absolute Gasteiger partial charge is 0.497 e. The number of sulfonamides is 1. The monoisotopic (exact) mass is 822 g/mol. The first-order chi connectivity index (χ1) is 26.8. The molecule has 0 unspecified atom stereocenters. The SMILES string of the molecule is COc1ccc2nc(O[C@@H]3C[C@H]4C(=O)N[C@]5(C(=O)NS(=O)(=O)C6(C)CC6)C[C@H]5/C=C/CCCCC[C@H](NC(=O)O[C@@H](C)C(C)C)C(=O)N4C3)c(C(F)(F)F)nc2c1. The predicted octanol–water partition coefficient (Wildman–Crippen LogP) is 4.54. The summed E-state index contributed by atoms with van der Waals surface area (Å²) in [6.45, 7) is 6.53. The van der Waals surface area contributed by atoms with Gasteiger partial charge in [-0.3, -0.25) is 19.1 Å².